The van der Waals surface area contributed by atoms with Gasteiger partial charge in [-0.05, 0) is 45.7 Å². The van der Waals surface area contributed by atoms with Crippen LogP contribution in [0.25, 0.3) is 0 Å². The van der Waals surface area contributed by atoms with E-state index in [4.69, 9.17) is 0 Å². The van der Waals surface area contributed by atoms with Crippen molar-refractivity contribution in [1.82, 2.24) is 15.5 Å². The van der Waals surface area contributed by atoms with Crippen molar-refractivity contribution in [3.63, 3.8) is 0 Å². The number of esters is 1. The Morgan fingerprint density at radius 3 is 2.55 bits per heavy atom. The van der Waals surface area contributed by atoms with Crippen molar-refractivity contribution in [2.45, 2.75) is 58.5 Å². The van der Waals surface area contributed by atoms with Gasteiger partial charge in [0.2, 0.25) is 0 Å². The lowest BCUT2D eigenvalue weighted by Crippen LogP contribution is -2.40. The maximum Gasteiger partial charge on any atom is 0.305 e. The predicted molar refractivity (Wildman–Crippen MR) is 132 cm³/mol. The quantitative estimate of drug-likeness (QED) is 0.137. The van der Waals surface area contributed by atoms with Crippen LogP contribution in [-0.4, -0.2) is 56.7 Å². The highest BCUT2D eigenvalue weighted by Gasteiger charge is 2.09. The van der Waals surface area contributed by atoms with Crippen LogP contribution in [0.5, 0.6) is 0 Å². The third kappa shape index (κ3) is 13.5. The van der Waals surface area contributed by atoms with Gasteiger partial charge in [0.25, 0.3) is 0 Å². The van der Waals surface area contributed by atoms with Gasteiger partial charge in [-0.1, -0.05) is 36.8 Å². The number of guanidine groups is 1. The molecule has 0 radical (unpaired) electrons. The molecule has 1 aromatic rings. The number of benzene rings is 1. The van der Waals surface area contributed by atoms with E-state index in [2.05, 4.69) is 76.5 Å². The molecule has 0 heterocycles. The lowest BCUT2D eigenvalue weighted by molar-refractivity contribution is -0.140. The van der Waals surface area contributed by atoms with Crippen LogP contribution in [0.1, 0.15) is 51.5 Å². The Balaban J connectivity index is 0.00000784. The monoisotopic (exact) mass is 518 g/mol. The predicted octanol–water partition coefficient (Wildman–Crippen LogP) is 3.80. The minimum absolute atomic E-state index is 0. The molecule has 1 rings (SSSR count). The number of nitrogens with one attached hydrogen (secondary N) is 2. The van der Waals surface area contributed by atoms with Gasteiger partial charge < -0.3 is 15.4 Å². The number of carbonyl (C=O) groups excluding carboxylic acids is 1. The summed E-state index contributed by atoms with van der Waals surface area (Å²) in [4.78, 5) is 18.1. The molecule has 1 unspecified atom stereocenters. The highest BCUT2D eigenvalue weighted by atomic mass is 127. The molecule has 0 fully saturated rings. The lowest BCUT2D eigenvalue weighted by Gasteiger charge is -2.25. The molecular weight excluding hydrogens is 479 g/mol. The fourth-order valence-corrected chi connectivity index (χ4v) is 2.84. The Kier molecular flexibility index (Phi) is 16.7. The number of aliphatic imine (C=N–C) groups is 1. The van der Waals surface area contributed by atoms with Crippen LogP contribution in [0.15, 0.2) is 35.3 Å². The second kappa shape index (κ2) is 17.5. The topological polar surface area (TPSA) is 66.0 Å². The number of hydrogen-bond donors (Lipinski definition) is 2. The lowest BCUT2D eigenvalue weighted by atomic mass is 10.1. The Labute approximate surface area is 193 Å². The van der Waals surface area contributed by atoms with E-state index in [1.165, 1.54) is 12.7 Å². The molecule has 7 heteroatoms. The summed E-state index contributed by atoms with van der Waals surface area (Å²) in [6, 6.07) is 11.0. The summed E-state index contributed by atoms with van der Waals surface area (Å²) in [5.41, 5.74) is 1.34. The van der Waals surface area contributed by atoms with E-state index in [0.29, 0.717) is 12.5 Å². The number of hydrogen-bond acceptors (Lipinski definition) is 4. The molecule has 1 aromatic carbocycles. The van der Waals surface area contributed by atoms with Gasteiger partial charge in [0.15, 0.2) is 5.96 Å². The van der Waals surface area contributed by atoms with Crippen LogP contribution in [0.3, 0.4) is 0 Å². The standard InChI is InChI=1S/C22H38N4O2.HI/c1-5-23-22(24-16-11-7-10-14-21(27)28-4)25-17-15-19(2)26(3)18-20-12-8-6-9-13-20;/h6,8-9,12-13,19H,5,7,10-11,14-18H2,1-4H3,(H2,23,24,25);1H. The van der Waals surface area contributed by atoms with E-state index in [-0.39, 0.29) is 29.9 Å². The van der Waals surface area contributed by atoms with E-state index in [0.717, 1.165) is 57.8 Å². The fraction of sp³-hybridized carbons (Fsp3) is 0.636. The Morgan fingerprint density at radius 1 is 1.17 bits per heavy atom. The first-order valence-electron chi connectivity index (χ1n) is 10.4. The zero-order valence-electron chi connectivity index (χ0n) is 18.4. The Morgan fingerprint density at radius 2 is 1.90 bits per heavy atom. The van der Waals surface area contributed by atoms with Gasteiger partial charge in [0.1, 0.15) is 0 Å². The minimum Gasteiger partial charge on any atom is -0.469 e. The summed E-state index contributed by atoms with van der Waals surface area (Å²) < 4.78 is 4.65. The van der Waals surface area contributed by atoms with Crippen molar-refractivity contribution in [3.8, 4) is 0 Å². The zero-order valence-corrected chi connectivity index (χ0v) is 20.8. The molecule has 0 aliphatic rings. The molecule has 0 bridgehead atoms. The molecule has 29 heavy (non-hydrogen) atoms. The number of methoxy groups -OCH3 is 1. The molecule has 0 aromatic heterocycles. The fourth-order valence-electron chi connectivity index (χ4n) is 2.84. The first-order chi connectivity index (χ1) is 13.6. The molecular formula is C22H39IN4O2. The first kappa shape index (κ1) is 27.6. The van der Waals surface area contributed by atoms with E-state index in [1.807, 2.05) is 0 Å². The number of ether oxygens (including phenoxy) is 1. The third-order valence-electron chi connectivity index (χ3n) is 4.76. The number of carbonyl (C=O) groups is 1. The number of halogens is 1. The van der Waals surface area contributed by atoms with Crippen molar-refractivity contribution in [3.05, 3.63) is 35.9 Å². The van der Waals surface area contributed by atoms with Crippen LogP contribution in [-0.2, 0) is 16.1 Å². The Bertz CT molecular complexity index is 569. The normalized spacial score (nSPS) is 12.2. The second-order valence-corrected chi connectivity index (χ2v) is 7.11. The molecule has 0 amide bonds. The summed E-state index contributed by atoms with van der Waals surface area (Å²) in [6.07, 6.45) is 4.36. The third-order valence-corrected chi connectivity index (χ3v) is 4.76. The molecule has 0 aliphatic heterocycles. The smallest absolute Gasteiger partial charge is 0.305 e. The number of rotatable bonds is 13. The minimum atomic E-state index is -0.134. The summed E-state index contributed by atoms with van der Waals surface area (Å²) in [5.74, 6) is 0.734. The number of unbranched alkanes of at least 4 members (excludes halogenated alkanes) is 2. The van der Waals surface area contributed by atoms with Gasteiger partial charge in [0, 0.05) is 38.6 Å². The summed E-state index contributed by atoms with van der Waals surface area (Å²) in [6.45, 7) is 7.79. The van der Waals surface area contributed by atoms with Gasteiger partial charge in [-0.25, -0.2) is 0 Å². The van der Waals surface area contributed by atoms with Crippen LogP contribution < -0.4 is 10.6 Å². The van der Waals surface area contributed by atoms with E-state index in [1.54, 1.807) is 0 Å². The molecule has 0 saturated carbocycles. The first-order valence-corrected chi connectivity index (χ1v) is 10.4. The Hall–Kier alpha value is -1.35. The maximum atomic E-state index is 11.1. The zero-order chi connectivity index (χ0) is 20.6. The molecule has 1 atom stereocenters. The highest BCUT2D eigenvalue weighted by molar-refractivity contribution is 14.0. The van der Waals surface area contributed by atoms with Crippen LogP contribution in [0.2, 0.25) is 0 Å². The summed E-state index contributed by atoms with van der Waals surface area (Å²) in [5, 5.41) is 6.72. The van der Waals surface area contributed by atoms with E-state index < -0.39 is 0 Å². The van der Waals surface area contributed by atoms with E-state index in [9.17, 15) is 4.79 Å². The van der Waals surface area contributed by atoms with Gasteiger partial charge in [-0.3, -0.25) is 14.7 Å². The molecule has 2 N–H and O–H groups in total. The van der Waals surface area contributed by atoms with Crippen molar-refractivity contribution < 1.29 is 9.53 Å². The number of nitrogens with zero attached hydrogens (tertiary/aromatic N) is 2. The van der Waals surface area contributed by atoms with Crippen LogP contribution in [0.4, 0.5) is 0 Å². The molecule has 166 valence electrons. The SMILES string of the molecule is CCNC(=NCCCCCC(=O)OC)NCCC(C)N(C)Cc1ccccc1.I. The average Bonchev–Trinajstić information content (AvgIpc) is 2.70. The van der Waals surface area contributed by atoms with Gasteiger partial charge in [-0.15, -0.1) is 24.0 Å². The van der Waals surface area contributed by atoms with Crippen molar-refractivity contribution in [2.24, 2.45) is 4.99 Å². The maximum absolute atomic E-state index is 11.1. The second-order valence-electron chi connectivity index (χ2n) is 7.11. The molecule has 6 nitrogen and oxygen atoms in total. The summed E-state index contributed by atoms with van der Waals surface area (Å²) in [7, 11) is 3.60. The van der Waals surface area contributed by atoms with E-state index >= 15 is 0 Å². The average molecular weight is 518 g/mol. The van der Waals surface area contributed by atoms with Crippen molar-refractivity contribution in [2.75, 3.05) is 33.8 Å². The van der Waals surface area contributed by atoms with Gasteiger partial charge in [0.05, 0.1) is 7.11 Å². The van der Waals surface area contributed by atoms with Gasteiger partial charge in [-0.2, -0.15) is 0 Å². The van der Waals surface area contributed by atoms with Crippen molar-refractivity contribution in [1.29, 1.82) is 0 Å². The largest absolute Gasteiger partial charge is 0.469 e. The highest BCUT2D eigenvalue weighted by Crippen LogP contribution is 2.08. The molecule has 0 aliphatic carbocycles. The molecule has 0 spiro atoms. The van der Waals surface area contributed by atoms with Crippen molar-refractivity contribution >= 4 is 35.9 Å². The van der Waals surface area contributed by atoms with Crippen LogP contribution in [0, 0.1) is 0 Å². The van der Waals surface area contributed by atoms with Gasteiger partial charge >= 0.3 is 5.97 Å². The van der Waals surface area contributed by atoms with Crippen LogP contribution >= 0.6 is 24.0 Å². The molecule has 0 saturated heterocycles. The summed E-state index contributed by atoms with van der Waals surface area (Å²) >= 11 is 0.